The van der Waals surface area contributed by atoms with E-state index >= 15 is 0 Å². The molecule has 42 heavy (non-hydrogen) atoms. The van der Waals surface area contributed by atoms with Gasteiger partial charge in [0.05, 0.1) is 46.6 Å². The second-order valence-electron chi connectivity index (χ2n) is 9.63. The van der Waals surface area contributed by atoms with Crippen LogP contribution < -0.4 is 32.6 Å². The van der Waals surface area contributed by atoms with Crippen LogP contribution in [0.2, 0.25) is 5.02 Å². The summed E-state index contributed by atoms with van der Waals surface area (Å²) in [6.45, 7) is 7.06. The Balaban J connectivity index is 2.19. The Hall–Kier alpha value is -3.83. The average molecular weight is 618 g/mol. The first-order valence-electron chi connectivity index (χ1n) is 13.6. The highest BCUT2D eigenvalue weighted by Gasteiger charge is 2.19. The third-order valence-electron chi connectivity index (χ3n) is 6.54. The van der Waals surface area contributed by atoms with Crippen molar-refractivity contribution >= 4 is 53.1 Å². The van der Waals surface area contributed by atoms with Gasteiger partial charge in [0, 0.05) is 7.05 Å². The summed E-state index contributed by atoms with van der Waals surface area (Å²) in [5.74, 6) is -0.728. The second-order valence-corrected chi connectivity index (χ2v) is 10.4. The molecule has 13 heteroatoms. The lowest BCUT2D eigenvalue weighted by Crippen LogP contribution is -2.44. The van der Waals surface area contributed by atoms with Crippen LogP contribution in [0.25, 0.3) is 6.08 Å². The van der Waals surface area contributed by atoms with Crippen molar-refractivity contribution in [3.63, 3.8) is 0 Å². The van der Waals surface area contributed by atoms with Crippen LogP contribution in [0.4, 0.5) is 16.0 Å². The zero-order valence-corrected chi connectivity index (χ0v) is 25.7. The molecule has 1 aliphatic rings. The van der Waals surface area contributed by atoms with Crippen LogP contribution in [0.1, 0.15) is 40.5 Å². The number of allylic oxidation sites excluding steroid dienone is 6. The van der Waals surface area contributed by atoms with Gasteiger partial charge in [-0.3, -0.25) is 15.0 Å². The van der Waals surface area contributed by atoms with Crippen molar-refractivity contribution in [3.8, 4) is 0 Å². The van der Waals surface area contributed by atoms with E-state index in [9.17, 15) is 14.0 Å². The molecular weight excluding hydrogens is 582 g/mol. The smallest absolute Gasteiger partial charge is 0.355 e. The fraction of sp³-hybridized carbons (Fsp3) is 0.379. The summed E-state index contributed by atoms with van der Waals surface area (Å²) in [7, 11) is 1.61. The highest BCUT2D eigenvalue weighted by atomic mass is 35.5. The van der Waals surface area contributed by atoms with Crippen LogP contribution >= 0.6 is 23.2 Å². The normalized spacial score (nSPS) is 17.5. The Bertz CT molecular complexity index is 1710. The van der Waals surface area contributed by atoms with E-state index in [2.05, 4.69) is 40.5 Å². The first kappa shape index (κ1) is 32.7. The van der Waals surface area contributed by atoms with Crippen molar-refractivity contribution in [2.75, 3.05) is 12.4 Å². The van der Waals surface area contributed by atoms with Crippen molar-refractivity contribution in [2.45, 2.75) is 59.7 Å². The Morgan fingerprint density at radius 3 is 2.62 bits per heavy atom. The number of hydrogen-bond acceptors (Lipinski definition) is 6. The molecule has 1 aliphatic heterocycles. The maximum absolute atomic E-state index is 14.2. The molecule has 3 N–H and O–H groups in total. The molecule has 0 saturated heterocycles. The highest BCUT2D eigenvalue weighted by molar-refractivity contribution is 6.33. The molecule has 2 unspecified atom stereocenters. The number of halogens is 3. The largest absolute Gasteiger partial charge is 0.379 e. The lowest BCUT2D eigenvalue weighted by molar-refractivity contribution is 0.528. The van der Waals surface area contributed by atoms with E-state index < -0.39 is 23.8 Å². The molecule has 0 saturated carbocycles. The minimum atomic E-state index is -0.882. The van der Waals surface area contributed by atoms with Gasteiger partial charge in [-0.05, 0) is 54.7 Å². The van der Waals surface area contributed by atoms with Crippen LogP contribution in [0, 0.1) is 11.3 Å². The van der Waals surface area contributed by atoms with E-state index in [0.29, 0.717) is 22.7 Å². The zero-order valence-electron chi connectivity index (χ0n) is 24.2. The number of hydrogen-bond donors (Lipinski definition) is 3. The van der Waals surface area contributed by atoms with Crippen LogP contribution in [-0.2, 0) is 13.1 Å². The second kappa shape index (κ2) is 14.9. The van der Waals surface area contributed by atoms with Gasteiger partial charge in [-0.25, -0.2) is 23.5 Å². The number of aromatic nitrogens is 3. The maximum atomic E-state index is 14.2. The zero-order chi connectivity index (χ0) is 31.0. The SMILES string of the molecule is C\C=C(F)/C(Cl)=C\C(=C\CC)Cn1c(Nc2cc3c(cc2Cl)=NC(CC)C(C)C=3)nc(=O)n(CC(=N)/N=C\NC)c1=O. The number of nitrogens with zero attached hydrogens (tertiary/aromatic N) is 5. The van der Waals surface area contributed by atoms with E-state index in [1.807, 2.05) is 6.92 Å². The molecule has 224 valence electrons. The lowest BCUT2D eigenvalue weighted by atomic mass is 9.96. The summed E-state index contributed by atoms with van der Waals surface area (Å²) in [6, 6.07) is 3.69. The van der Waals surface area contributed by atoms with Gasteiger partial charge in [0.25, 0.3) is 0 Å². The highest BCUT2D eigenvalue weighted by Crippen LogP contribution is 2.24. The number of nitrogens with one attached hydrogen (secondary N) is 3. The lowest BCUT2D eigenvalue weighted by Gasteiger charge is -2.20. The van der Waals surface area contributed by atoms with Crippen molar-refractivity contribution in [1.29, 1.82) is 5.41 Å². The summed E-state index contributed by atoms with van der Waals surface area (Å²) in [4.78, 5) is 39.5. The molecule has 1 aromatic heterocycles. The predicted molar refractivity (Wildman–Crippen MR) is 168 cm³/mol. The molecule has 0 fully saturated rings. The van der Waals surface area contributed by atoms with Crippen molar-refractivity contribution in [1.82, 2.24) is 19.4 Å². The first-order valence-corrected chi connectivity index (χ1v) is 14.3. The van der Waals surface area contributed by atoms with E-state index in [0.717, 1.165) is 21.6 Å². The molecule has 2 aromatic rings. The number of fused-ring (bicyclic) bond motifs is 1. The summed E-state index contributed by atoms with van der Waals surface area (Å²) in [5.41, 5.74) is -0.714. The molecule has 0 amide bonds. The van der Waals surface area contributed by atoms with E-state index in [1.165, 1.54) is 30.0 Å². The number of amidine groups is 1. The van der Waals surface area contributed by atoms with Crippen molar-refractivity contribution in [3.05, 3.63) is 83.4 Å². The molecule has 2 heterocycles. The van der Waals surface area contributed by atoms with Crippen LogP contribution in [0.15, 0.2) is 66.4 Å². The summed E-state index contributed by atoms with van der Waals surface area (Å²) >= 11 is 12.8. The molecule has 2 atom stereocenters. The van der Waals surface area contributed by atoms with Gasteiger partial charge in [0.15, 0.2) is 0 Å². The van der Waals surface area contributed by atoms with Crippen molar-refractivity contribution < 1.29 is 4.39 Å². The quantitative estimate of drug-likeness (QED) is 0.198. The Morgan fingerprint density at radius 2 is 1.98 bits per heavy atom. The topological polar surface area (TPSA) is 130 Å². The molecule has 1 aromatic carbocycles. The third kappa shape index (κ3) is 7.92. The number of benzene rings is 1. The van der Waals surface area contributed by atoms with Gasteiger partial charge in [-0.1, -0.05) is 62.2 Å². The molecule has 10 nitrogen and oxygen atoms in total. The van der Waals surface area contributed by atoms with Crippen LogP contribution in [0.5, 0.6) is 0 Å². The van der Waals surface area contributed by atoms with E-state index in [1.54, 1.807) is 25.3 Å². The number of anilines is 2. The van der Waals surface area contributed by atoms with Crippen LogP contribution in [-0.4, -0.2) is 39.4 Å². The summed E-state index contributed by atoms with van der Waals surface area (Å²) in [5, 5.41) is 15.6. The van der Waals surface area contributed by atoms with Gasteiger partial charge in [0.1, 0.15) is 11.7 Å². The Morgan fingerprint density at radius 1 is 1.24 bits per heavy atom. The number of rotatable bonds is 11. The van der Waals surface area contributed by atoms with Gasteiger partial charge >= 0.3 is 11.4 Å². The third-order valence-corrected chi connectivity index (χ3v) is 7.15. The van der Waals surface area contributed by atoms with Gasteiger partial charge in [-0.15, -0.1) is 0 Å². The standard InChI is InChI=1S/C29H35Cl2FN8O2/c1-6-9-18(11-20(30)22(32)7-2)14-39-27(38-28(41)40(29(39)42)15-26(33)35-16-34-5)37-25-12-19-10-17(4)23(8-3)36-24(19)13-21(25)31/h7,9-13,16-17,23H,6,8,14-15H2,1-5H3,(H2,33,34,35)(H,37,38,41)/b18-9-,20-11+,22-7+. The Kier molecular flexibility index (Phi) is 11.6. The Labute approximate surface area is 253 Å². The fourth-order valence-electron chi connectivity index (χ4n) is 4.41. The number of aliphatic imine (C=N–C) groups is 1. The van der Waals surface area contributed by atoms with E-state index in [4.69, 9.17) is 33.6 Å². The summed E-state index contributed by atoms with van der Waals surface area (Å²) < 4.78 is 16.2. The summed E-state index contributed by atoms with van der Waals surface area (Å²) in [6.07, 6.45) is 9.26. The average Bonchev–Trinajstić information content (AvgIpc) is 2.95. The van der Waals surface area contributed by atoms with Gasteiger partial charge in [0.2, 0.25) is 5.95 Å². The molecule has 0 aliphatic carbocycles. The molecule has 3 rings (SSSR count). The first-order chi connectivity index (χ1) is 20.0. The predicted octanol–water partition coefficient (Wildman–Crippen LogP) is 4.19. The van der Waals surface area contributed by atoms with Gasteiger partial charge < -0.3 is 10.6 Å². The minimum absolute atomic E-state index is 0.0846. The molecular formula is C29H35Cl2FN8O2. The van der Waals surface area contributed by atoms with Crippen molar-refractivity contribution in [2.24, 2.45) is 15.9 Å². The monoisotopic (exact) mass is 616 g/mol. The minimum Gasteiger partial charge on any atom is -0.379 e. The molecule has 0 spiro atoms. The molecule has 0 bridgehead atoms. The molecule has 0 radical (unpaired) electrons. The van der Waals surface area contributed by atoms with Gasteiger partial charge in [-0.2, -0.15) is 4.98 Å². The van der Waals surface area contributed by atoms with E-state index in [-0.39, 0.29) is 35.3 Å². The maximum Gasteiger partial charge on any atom is 0.355 e. The van der Waals surface area contributed by atoms with Crippen LogP contribution in [0.3, 0.4) is 0 Å². The fourth-order valence-corrected chi connectivity index (χ4v) is 4.87.